The molecule has 0 saturated carbocycles. The number of nitrogens with one attached hydrogen (secondary N) is 4. The van der Waals surface area contributed by atoms with Crippen molar-refractivity contribution in [2.45, 2.75) is 116 Å². The Labute approximate surface area is 848 Å². The quantitative estimate of drug-likeness (QED) is 0.0302. The first-order valence-electron chi connectivity index (χ1n) is 49.3. The van der Waals surface area contributed by atoms with E-state index in [9.17, 15) is 25.5 Å². The van der Waals surface area contributed by atoms with Crippen molar-refractivity contribution in [3.05, 3.63) is 229 Å². The number of morpholine rings is 1. The second-order valence-corrected chi connectivity index (χ2v) is 41.5. The van der Waals surface area contributed by atoms with E-state index in [1.54, 1.807) is 107 Å². The summed E-state index contributed by atoms with van der Waals surface area (Å²) in [6.07, 6.45) is 15.4. The minimum Gasteiger partial charge on any atom is -1.00 e. The van der Waals surface area contributed by atoms with Gasteiger partial charge in [0.2, 0.25) is 0 Å². The Balaban J connectivity index is 0.000000115. The van der Waals surface area contributed by atoms with Crippen LogP contribution in [0, 0.1) is 0 Å². The zero-order chi connectivity index (χ0) is 101. The van der Waals surface area contributed by atoms with Crippen molar-refractivity contribution in [2.75, 3.05) is 167 Å². The van der Waals surface area contributed by atoms with E-state index >= 15 is 0 Å². The Hall–Kier alpha value is -14.4. The third-order valence-corrected chi connectivity index (χ3v) is 26.8. The lowest BCUT2D eigenvalue weighted by molar-refractivity contribution is -0.868. The van der Waals surface area contributed by atoms with Crippen LogP contribution in [0.15, 0.2) is 201 Å². The van der Waals surface area contributed by atoms with Crippen LogP contribution in [-0.2, 0) is 39.3 Å². The van der Waals surface area contributed by atoms with Gasteiger partial charge in [-0.2, -0.15) is 0 Å². The van der Waals surface area contributed by atoms with Gasteiger partial charge in [0.05, 0.1) is 168 Å². The van der Waals surface area contributed by atoms with Crippen molar-refractivity contribution in [1.29, 1.82) is 0 Å². The monoisotopic (exact) mass is 1990 g/mol. The van der Waals surface area contributed by atoms with Crippen LogP contribution in [0.1, 0.15) is 103 Å². The van der Waals surface area contributed by atoms with Crippen LogP contribution < -0.4 is 38.7 Å². The number of hydrogen-bond donors (Lipinski definition) is 9. The highest BCUT2D eigenvalue weighted by molar-refractivity contribution is 5.95. The summed E-state index contributed by atoms with van der Waals surface area (Å²) in [6.45, 7) is 32.0. The van der Waals surface area contributed by atoms with Gasteiger partial charge in [-0.25, -0.2) is 84.8 Å². The number of quaternary nitrogens is 1. The van der Waals surface area contributed by atoms with Crippen LogP contribution in [0.4, 0.5) is 29.1 Å². The van der Waals surface area contributed by atoms with Crippen molar-refractivity contribution in [2.24, 2.45) is 0 Å². The second-order valence-electron chi connectivity index (χ2n) is 41.5. The lowest BCUT2D eigenvalue weighted by atomic mass is 9.99. The smallest absolute Gasteiger partial charge is 0.167 e. The van der Waals surface area contributed by atoms with Gasteiger partial charge in [-0.3, -0.25) is 26.9 Å². The minimum atomic E-state index is -1.06. The fraction of sp³-hybridized carbons (Fsp3) is 0.364. The number of para-hydroxylation sites is 10. The maximum absolute atomic E-state index is 10.8. The Morgan fingerprint density at radius 2 is 0.712 bits per heavy atom. The number of benzene rings is 5. The number of likely N-dealkylation sites (N-methyl/N-ethyl adjacent to an activating group) is 3. The lowest BCUT2D eigenvalue weighted by Crippen LogP contribution is -3.00. The average Bonchev–Trinajstić information content (AvgIpc) is 1.60. The molecule has 38 nitrogen and oxygen atoms in total. The van der Waals surface area contributed by atoms with Gasteiger partial charge in [-0.05, 0) is 188 Å². The number of aliphatic hydroxyl groups is 5. The third kappa shape index (κ3) is 20.9. The number of anilines is 5. The summed E-state index contributed by atoms with van der Waals surface area (Å²) in [5, 5.41) is 65.9. The molecular formula is C107H125ClN32O6. The van der Waals surface area contributed by atoms with Crippen molar-refractivity contribution >= 4 is 168 Å². The molecule has 3 saturated heterocycles. The van der Waals surface area contributed by atoms with Gasteiger partial charge in [0.25, 0.3) is 0 Å². The summed E-state index contributed by atoms with van der Waals surface area (Å²) < 4.78 is 18.3. The van der Waals surface area contributed by atoms with Crippen LogP contribution >= 0.6 is 0 Å². The molecule has 5 aromatic carbocycles. The first-order valence-corrected chi connectivity index (χ1v) is 49.3. The van der Waals surface area contributed by atoms with Gasteiger partial charge in [0.1, 0.15) is 79.1 Å². The second kappa shape index (κ2) is 40.2. The number of aromatic nitrogens is 22. The summed E-state index contributed by atoms with van der Waals surface area (Å²) in [5.41, 5.74) is 21.7. The zero-order valence-corrected chi connectivity index (χ0v) is 86.0. The molecule has 39 heteroatoms. The van der Waals surface area contributed by atoms with Crippen LogP contribution in [0.3, 0.4) is 0 Å². The zero-order valence-electron chi connectivity index (χ0n) is 85.2. The normalized spacial score (nSPS) is 15.1. The number of imidazole rings is 6. The highest BCUT2D eigenvalue weighted by Crippen LogP contribution is 2.39. The molecule has 3 aliphatic heterocycles. The first kappa shape index (κ1) is 100. The van der Waals surface area contributed by atoms with E-state index in [0.717, 1.165) is 260 Å². The SMILES string of the molecule is CC(C)(O)c1cc2ncc(NCCN3CCOCC3)nc2n2c1nc1ccccc12.CC(C)(O)c1cc2ncc(NCC[N+](C)(C)C)nc2n2c1nc1ccccc12.CC(C)(O)c1cc2ncc(NCCn3ccnc3)nc2n2c1nc1ccccc12.CN(C)C1CCN(c2cnc3cc(C(C)(C)O)c4nc5ccccc5n4c3n2)C1.CN1CCN(Nc2cnc3cc(C(C)(C)O)c4nc5ccccc5n4c3n2)CC1.[Cl-]. The number of halogens is 1. The van der Waals surface area contributed by atoms with Gasteiger partial charge in [0.15, 0.2) is 34.1 Å². The molecule has 21 aromatic rings. The predicted octanol–water partition coefficient (Wildman–Crippen LogP) is 10.2. The number of piperazine rings is 1. The summed E-state index contributed by atoms with van der Waals surface area (Å²) in [5.74, 6) is 3.74. The predicted molar refractivity (Wildman–Crippen MR) is 570 cm³/mol. The van der Waals surface area contributed by atoms with E-state index in [4.69, 9.17) is 59.6 Å². The maximum Gasteiger partial charge on any atom is 0.167 e. The van der Waals surface area contributed by atoms with Crippen molar-refractivity contribution in [3.8, 4) is 0 Å². The molecule has 3 fully saturated rings. The number of hydrogen-bond acceptors (Lipinski definition) is 31. The molecular weight excluding hydrogens is 1860 g/mol. The van der Waals surface area contributed by atoms with Gasteiger partial charge < -0.3 is 87.8 Å². The van der Waals surface area contributed by atoms with Gasteiger partial charge in [0, 0.05) is 125 Å². The van der Waals surface area contributed by atoms with Crippen LogP contribution in [-0.4, -0.2) is 303 Å². The number of pyridine rings is 5. The van der Waals surface area contributed by atoms with E-state index in [0.29, 0.717) is 58.0 Å². The fourth-order valence-electron chi connectivity index (χ4n) is 19.0. The van der Waals surface area contributed by atoms with E-state index in [2.05, 4.69) is 113 Å². The number of ether oxygens (including phenoxy) is 1. The summed E-state index contributed by atoms with van der Waals surface area (Å²) in [6, 6.07) is 49.7. The highest BCUT2D eigenvalue weighted by atomic mass is 35.5. The fourth-order valence-corrected chi connectivity index (χ4v) is 19.0. The lowest BCUT2D eigenvalue weighted by Gasteiger charge is -2.32. The molecule has 19 heterocycles. The van der Waals surface area contributed by atoms with E-state index < -0.39 is 28.0 Å². The molecule has 0 bridgehead atoms. The Kier molecular flexibility index (Phi) is 27.6. The van der Waals surface area contributed by atoms with Gasteiger partial charge in [-0.1, -0.05) is 60.7 Å². The van der Waals surface area contributed by atoms with Gasteiger partial charge in [-0.15, -0.1) is 0 Å². The largest absolute Gasteiger partial charge is 1.00 e. The van der Waals surface area contributed by atoms with Crippen LogP contribution in [0.5, 0.6) is 0 Å². The van der Waals surface area contributed by atoms with Crippen LogP contribution in [0.25, 0.3) is 139 Å². The van der Waals surface area contributed by atoms with Crippen LogP contribution in [0.2, 0.25) is 0 Å². The molecule has 24 rings (SSSR count). The van der Waals surface area contributed by atoms with Crippen molar-refractivity contribution in [3.63, 3.8) is 0 Å². The molecule has 756 valence electrons. The molecule has 9 N–H and O–H groups in total. The molecule has 0 aliphatic carbocycles. The molecule has 0 radical (unpaired) electrons. The van der Waals surface area contributed by atoms with E-state index in [-0.39, 0.29) is 12.4 Å². The molecule has 0 spiro atoms. The minimum absolute atomic E-state index is 0. The third-order valence-electron chi connectivity index (χ3n) is 26.8. The summed E-state index contributed by atoms with van der Waals surface area (Å²) >= 11 is 0. The molecule has 0 amide bonds. The number of fused-ring (bicyclic) bond motifs is 25. The first-order chi connectivity index (χ1) is 69.4. The topological polar surface area (TPSA) is 408 Å². The van der Waals surface area contributed by atoms with E-state index in [1.807, 2.05) is 191 Å². The van der Waals surface area contributed by atoms with Crippen molar-refractivity contribution < 1.29 is 47.2 Å². The average molecular weight is 1990 g/mol. The molecule has 146 heavy (non-hydrogen) atoms. The molecule has 16 aromatic heterocycles. The number of rotatable bonds is 21. The Bertz CT molecular complexity index is 8380. The maximum atomic E-state index is 10.8. The Morgan fingerprint density at radius 1 is 0.384 bits per heavy atom. The highest BCUT2D eigenvalue weighted by Gasteiger charge is 2.33. The molecule has 1 unspecified atom stereocenters. The standard InChI is InChI=1S/C22H26N6O2.C22H26N6O.C21H25N7O.C21H21N7O.C21H27N6O.ClH/c1-22(2,29)15-13-17-21(28-18-6-4-3-5-16(18)25-20(15)28)26-19(14-24-17)23-7-8-27-9-11-30-12-10-27;1-22(2,29)15-11-17-21(28-18-8-6-5-7-16(18)24-20(15)28)25-19(12-23-17)27-10-9-14(13-27)26(3)4;1-21(2,29)14-12-16-20(28-17-7-5-4-6-15(17)23-19(14)28)24-18(13-22-16)25-27-10-8-26(3)9-11-27;1-21(2,29)14-11-16-20(28-17-6-4-3-5-15(17)25-19(14)28)26-18(12-24-16)23-8-10-27-9-7-22-13-27;1-21(2,28)14-12-16-20(25-18(13-23-16)22-10-11-27(3,4)5)26-17-9-7-6-8-15(17)24-19(14)26;/h3-6,13-14,29H,7-12H2,1-2H3,(H,23,26);5-8,11-12,14,29H,9-10,13H2,1-4H3;4-7,12-13,29H,8-11H2,1-3H3,(H,24,25);3-7,9,11-13,29H,8,10H2,1-2H3,(H,23,26);6-9,12-13,28H,10-11H2,1-5H3,(H,22,25);1H/q;;;;+1;/p-1. The number of hydrazine groups is 1. The Morgan fingerprint density at radius 3 is 1.05 bits per heavy atom. The van der Waals surface area contributed by atoms with Crippen molar-refractivity contribution in [1.82, 2.24) is 126 Å². The summed E-state index contributed by atoms with van der Waals surface area (Å²) in [4.78, 5) is 84.8. The van der Waals surface area contributed by atoms with E-state index in [1.165, 1.54) is 0 Å². The number of nitrogens with zero attached hydrogens (tertiary/aromatic N) is 28. The summed E-state index contributed by atoms with van der Waals surface area (Å²) in [7, 11) is 12.9. The van der Waals surface area contributed by atoms with Gasteiger partial charge >= 0.3 is 0 Å². The molecule has 3 aliphatic rings. The molecule has 1 atom stereocenters.